The first-order valence-electron chi connectivity index (χ1n) is 14.1. The summed E-state index contributed by atoms with van der Waals surface area (Å²) in [5, 5.41) is 15.1. The molecule has 1 aromatic heterocycles. The third kappa shape index (κ3) is 7.32. The highest BCUT2D eigenvalue weighted by Gasteiger charge is 2.33. The number of thiazole rings is 1. The van der Waals surface area contributed by atoms with Crippen molar-refractivity contribution in [1.29, 1.82) is 0 Å². The Morgan fingerprint density at radius 2 is 2.00 bits per heavy atom. The predicted octanol–water partition coefficient (Wildman–Crippen LogP) is 5.24. The number of rotatable bonds is 13. The van der Waals surface area contributed by atoms with Crippen molar-refractivity contribution in [3.8, 4) is 10.9 Å². The summed E-state index contributed by atoms with van der Waals surface area (Å²) in [7, 11) is 3.05. The molecule has 4 rings (SSSR count). The van der Waals surface area contributed by atoms with Crippen LogP contribution in [0.1, 0.15) is 62.6 Å². The third-order valence-corrected chi connectivity index (χ3v) is 8.56. The third-order valence-electron chi connectivity index (χ3n) is 7.58. The molecule has 1 aliphatic carbocycles. The monoisotopic (exact) mass is 582 g/mol. The molecule has 41 heavy (non-hydrogen) atoms. The maximum absolute atomic E-state index is 13.9. The first kappa shape index (κ1) is 30.2. The number of methoxy groups -OCH3 is 2. The lowest BCUT2D eigenvalue weighted by molar-refractivity contribution is -0.385. The van der Waals surface area contributed by atoms with E-state index in [9.17, 15) is 19.7 Å². The Balaban J connectivity index is 1.42. The van der Waals surface area contributed by atoms with Crippen molar-refractivity contribution in [2.45, 2.75) is 77.3 Å². The highest BCUT2D eigenvalue weighted by Crippen LogP contribution is 2.35. The topological polar surface area (TPSA) is 124 Å². The summed E-state index contributed by atoms with van der Waals surface area (Å²) in [6.45, 7) is 4.02. The minimum absolute atomic E-state index is 0.0648. The van der Waals surface area contributed by atoms with Gasteiger partial charge in [-0.25, -0.2) is 4.98 Å². The fourth-order valence-corrected chi connectivity index (χ4v) is 6.46. The van der Waals surface area contributed by atoms with Crippen molar-refractivity contribution in [2.75, 3.05) is 20.8 Å². The number of hydrogen-bond acceptors (Lipinski definition) is 8. The Bertz CT molecular complexity index is 1410. The van der Waals surface area contributed by atoms with Crippen molar-refractivity contribution in [3.05, 3.63) is 57.1 Å². The van der Waals surface area contributed by atoms with E-state index in [1.165, 1.54) is 30.9 Å². The summed E-state index contributed by atoms with van der Waals surface area (Å²) in [5.74, 6) is -0.0658. The Labute approximate surface area is 244 Å². The Morgan fingerprint density at radius 3 is 2.68 bits per heavy atom. The van der Waals surface area contributed by atoms with Crippen molar-refractivity contribution >= 4 is 39.1 Å². The molecule has 2 amide bonds. The number of fused-ring (bicyclic) bond motifs is 2. The van der Waals surface area contributed by atoms with Gasteiger partial charge in [0.2, 0.25) is 11.8 Å². The van der Waals surface area contributed by atoms with Gasteiger partial charge >= 0.3 is 5.69 Å². The van der Waals surface area contributed by atoms with Crippen LogP contribution in [0.2, 0.25) is 0 Å². The van der Waals surface area contributed by atoms with Gasteiger partial charge in [0.15, 0.2) is 5.75 Å². The summed E-state index contributed by atoms with van der Waals surface area (Å²) >= 11 is 1.52. The van der Waals surface area contributed by atoms with E-state index in [1.807, 2.05) is 17.9 Å². The molecule has 11 heteroatoms. The molecular formula is C30H38N4O6S. The molecule has 0 saturated carbocycles. The molecule has 0 saturated heterocycles. The molecule has 2 aromatic carbocycles. The van der Waals surface area contributed by atoms with Gasteiger partial charge in [0, 0.05) is 25.6 Å². The second-order valence-corrected chi connectivity index (χ2v) is 11.5. The first-order chi connectivity index (χ1) is 19.7. The van der Waals surface area contributed by atoms with E-state index >= 15 is 0 Å². The number of amides is 2. The zero-order valence-corrected chi connectivity index (χ0v) is 24.9. The lowest BCUT2D eigenvalue weighted by Crippen LogP contribution is -2.53. The second kappa shape index (κ2) is 13.8. The van der Waals surface area contributed by atoms with Gasteiger partial charge in [-0.15, -0.1) is 0 Å². The van der Waals surface area contributed by atoms with E-state index in [4.69, 9.17) is 9.47 Å². The average Bonchev–Trinajstić information content (AvgIpc) is 3.38. The molecule has 1 aliphatic rings. The first-order valence-corrected chi connectivity index (χ1v) is 14.9. The molecule has 2 unspecified atom stereocenters. The maximum atomic E-state index is 13.9. The molecule has 0 bridgehead atoms. The van der Waals surface area contributed by atoms with Crippen LogP contribution in [0, 0.1) is 10.1 Å². The molecule has 0 aliphatic heterocycles. The van der Waals surface area contributed by atoms with Crippen molar-refractivity contribution in [2.24, 2.45) is 0 Å². The number of hydrogen-bond donors (Lipinski definition) is 1. The number of nitro groups is 1. The molecule has 3 aromatic rings. The largest absolute Gasteiger partial charge is 0.490 e. The minimum atomic E-state index is -0.612. The molecule has 0 radical (unpaired) electrons. The fraction of sp³-hybridized carbons (Fsp3) is 0.500. The normalized spacial score (nSPS) is 15.2. The molecule has 0 fully saturated rings. The standard InChI is InChI=1S/C30H38N4O6S/c1-5-14-33(23-12-11-21-18-27(39-3)26(34(37)38)17-22(21)16-23)29(36)25(31-19(2)35)9-7-6-8-20-10-13-24-28(15-20)41-30(32-24)40-4/h10,13,15,17-18,23,25H,5-9,11-12,14,16H2,1-4H3,(H,31,35). The highest BCUT2D eigenvalue weighted by atomic mass is 32.1. The number of nitrogens with zero attached hydrogens (tertiary/aromatic N) is 3. The zero-order chi connectivity index (χ0) is 29.5. The van der Waals surface area contributed by atoms with E-state index in [2.05, 4.69) is 22.4 Å². The minimum Gasteiger partial charge on any atom is -0.490 e. The van der Waals surface area contributed by atoms with E-state index in [1.54, 1.807) is 19.2 Å². The van der Waals surface area contributed by atoms with Gasteiger partial charge in [-0.2, -0.15) is 0 Å². The number of carbonyl (C=O) groups is 2. The van der Waals surface area contributed by atoms with Gasteiger partial charge in [0.05, 0.1) is 29.4 Å². The summed E-state index contributed by atoms with van der Waals surface area (Å²) in [6.07, 6.45) is 5.80. The van der Waals surface area contributed by atoms with Crippen LogP contribution >= 0.6 is 11.3 Å². The number of carbonyl (C=O) groups excluding carboxylic acids is 2. The molecule has 10 nitrogen and oxygen atoms in total. The molecule has 2 atom stereocenters. The van der Waals surface area contributed by atoms with Crippen molar-refractivity contribution < 1.29 is 24.0 Å². The lowest BCUT2D eigenvalue weighted by atomic mass is 9.86. The average molecular weight is 583 g/mol. The van der Waals surface area contributed by atoms with Gasteiger partial charge in [-0.1, -0.05) is 30.7 Å². The number of unbranched alkanes of at least 4 members (excludes halogenated alkanes) is 1. The number of aromatic nitrogens is 1. The van der Waals surface area contributed by atoms with E-state index in [0.29, 0.717) is 31.0 Å². The van der Waals surface area contributed by atoms with Crippen molar-refractivity contribution in [3.63, 3.8) is 0 Å². The molecule has 1 heterocycles. The van der Waals surface area contributed by atoms with Crippen molar-refractivity contribution in [1.82, 2.24) is 15.2 Å². The van der Waals surface area contributed by atoms with E-state index in [-0.39, 0.29) is 29.3 Å². The van der Waals surface area contributed by atoms with Gasteiger partial charge in [-0.3, -0.25) is 19.7 Å². The Morgan fingerprint density at radius 1 is 1.20 bits per heavy atom. The van der Waals surface area contributed by atoms with Crippen LogP contribution in [0.25, 0.3) is 10.2 Å². The predicted molar refractivity (Wildman–Crippen MR) is 159 cm³/mol. The molecule has 220 valence electrons. The van der Waals surface area contributed by atoms with Crippen LogP contribution in [0.15, 0.2) is 30.3 Å². The second-order valence-electron chi connectivity index (χ2n) is 10.5. The highest BCUT2D eigenvalue weighted by molar-refractivity contribution is 7.20. The quantitative estimate of drug-likeness (QED) is 0.166. The number of nitrogens with one attached hydrogen (secondary N) is 1. The maximum Gasteiger partial charge on any atom is 0.311 e. The summed E-state index contributed by atoms with van der Waals surface area (Å²) in [6, 6.07) is 8.83. The zero-order valence-electron chi connectivity index (χ0n) is 24.1. The number of nitro benzene ring substituents is 1. The van der Waals surface area contributed by atoms with E-state index in [0.717, 1.165) is 53.4 Å². The van der Waals surface area contributed by atoms with Gasteiger partial charge < -0.3 is 19.7 Å². The molecular weight excluding hydrogens is 544 g/mol. The molecule has 0 spiro atoms. The van der Waals surface area contributed by atoms with E-state index < -0.39 is 11.0 Å². The number of ether oxygens (including phenoxy) is 2. The van der Waals surface area contributed by atoms with Crippen LogP contribution in [0.5, 0.6) is 10.9 Å². The smallest absolute Gasteiger partial charge is 0.311 e. The summed E-state index contributed by atoms with van der Waals surface area (Å²) < 4.78 is 11.6. The van der Waals surface area contributed by atoms with Crippen LogP contribution in [0.4, 0.5) is 5.69 Å². The van der Waals surface area contributed by atoms with Crippen LogP contribution in [-0.2, 0) is 28.9 Å². The van der Waals surface area contributed by atoms with Crippen LogP contribution < -0.4 is 14.8 Å². The number of aryl methyl sites for hydroxylation is 2. The van der Waals surface area contributed by atoms with Crippen LogP contribution in [-0.4, -0.2) is 59.5 Å². The summed E-state index contributed by atoms with van der Waals surface area (Å²) in [4.78, 5) is 43.4. The summed E-state index contributed by atoms with van der Waals surface area (Å²) in [5.41, 5.74) is 3.94. The molecule has 1 N–H and O–H groups in total. The Kier molecular flexibility index (Phi) is 10.1. The van der Waals surface area contributed by atoms with Crippen LogP contribution in [0.3, 0.4) is 0 Å². The number of benzene rings is 2. The van der Waals surface area contributed by atoms with Gasteiger partial charge in [0.1, 0.15) is 6.04 Å². The SMILES string of the molecule is CCCN(C(=O)C(CCCCc1ccc2nc(OC)sc2c1)NC(C)=O)C1CCc2cc(OC)c([N+](=O)[O-])cc2C1. The van der Waals surface area contributed by atoms with Gasteiger partial charge in [0.25, 0.3) is 5.19 Å². The van der Waals surface area contributed by atoms with Gasteiger partial charge in [-0.05, 0) is 79.8 Å². The lowest BCUT2D eigenvalue weighted by Gasteiger charge is -2.37. The fourth-order valence-electron chi connectivity index (χ4n) is 5.61. The Hall–Kier alpha value is -3.73.